The van der Waals surface area contributed by atoms with Crippen molar-refractivity contribution in [3.63, 3.8) is 0 Å². The van der Waals surface area contributed by atoms with Gasteiger partial charge in [0.15, 0.2) is 0 Å². The van der Waals surface area contributed by atoms with Gasteiger partial charge in [-0.25, -0.2) is 4.39 Å². The third-order valence-electron chi connectivity index (χ3n) is 2.60. The predicted octanol–water partition coefficient (Wildman–Crippen LogP) is 4.03. The molecule has 0 aliphatic heterocycles. The van der Waals surface area contributed by atoms with Crippen molar-refractivity contribution < 1.29 is 9.13 Å². The van der Waals surface area contributed by atoms with Crippen molar-refractivity contribution in [2.24, 2.45) is 0 Å². The van der Waals surface area contributed by atoms with Gasteiger partial charge < -0.3 is 10.1 Å². The molecular formula is C14H21ClFNO. The first-order chi connectivity index (χ1) is 8.67. The average molecular weight is 274 g/mol. The molecule has 4 heteroatoms. The maximum Gasteiger partial charge on any atom is 0.145 e. The van der Waals surface area contributed by atoms with E-state index in [0.717, 1.165) is 32.4 Å². The van der Waals surface area contributed by atoms with E-state index >= 15 is 0 Å². The Morgan fingerprint density at radius 2 is 2.11 bits per heavy atom. The van der Waals surface area contributed by atoms with Crippen molar-refractivity contribution in [3.05, 3.63) is 29.0 Å². The van der Waals surface area contributed by atoms with Gasteiger partial charge in [-0.2, -0.15) is 0 Å². The number of halogens is 2. The summed E-state index contributed by atoms with van der Waals surface area (Å²) in [6.07, 6.45) is 3.14. The molecule has 1 rings (SSSR count). The van der Waals surface area contributed by atoms with Gasteiger partial charge in [0.2, 0.25) is 0 Å². The highest BCUT2D eigenvalue weighted by atomic mass is 35.5. The standard InChI is InChI=1S/C14H21ClFNO/c1-3-5-12(10-17-8-4-2)18-11-6-7-13(15)14(16)9-11/h6-7,9,12,17H,3-5,8,10H2,1-2H3. The molecule has 0 fully saturated rings. The summed E-state index contributed by atoms with van der Waals surface area (Å²) in [5.41, 5.74) is 0. The third kappa shape index (κ3) is 5.23. The van der Waals surface area contributed by atoms with Crippen LogP contribution >= 0.6 is 11.6 Å². The molecular weight excluding hydrogens is 253 g/mol. The molecule has 1 aromatic rings. The maximum absolute atomic E-state index is 13.3. The van der Waals surface area contributed by atoms with Crippen molar-refractivity contribution in [1.82, 2.24) is 5.32 Å². The Hall–Kier alpha value is -0.800. The van der Waals surface area contributed by atoms with Gasteiger partial charge in [0.25, 0.3) is 0 Å². The van der Waals surface area contributed by atoms with Crippen LogP contribution in [-0.4, -0.2) is 19.2 Å². The minimum Gasteiger partial charge on any atom is -0.489 e. The highest BCUT2D eigenvalue weighted by Gasteiger charge is 2.10. The van der Waals surface area contributed by atoms with Gasteiger partial charge in [-0.15, -0.1) is 0 Å². The first-order valence-corrected chi connectivity index (χ1v) is 6.87. The second-order valence-electron chi connectivity index (χ2n) is 4.31. The second kappa shape index (κ2) is 8.33. The lowest BCUT2D eigenvalue weighted by molar-refractivity contribution is 0.186. The molecule has 0 heterocycles. The number of ether oxygens (including phenoxy) is 1. The molecule has 0 aliphatic rings. The average Bonchev–Trinajstić information content (AvgIpc) is 2.34. The van der Waals surface area contributed by atoms with Gasteiger partial charge in [0.1, 0.15) is 17.7 Å². The summed E-state index contributed by atoms with van der Waals surface area (Å²) >= 11 is 5.64. The van der Waals surface area contributed by atoms with Gasteiger partial charge in [-0.1, -0.05) is 31.9 Å². The molecule has 18 heavy (non-hydrogen) atoms. The molecule has 0 saturated carbocycles. The zero-order valence-corrected chi connectivity index (χ0v) is 11.8. The molecule has 0 spiro atoms. The maximum atomic E-state index is 13.3. The van der Waals surface area contributed by atoms with E-state index in [2.05, 4.69) is 19.2 Å². The number of rotatable bonds is 8. The van der Waals surface area contributed by atoms with Gasteiger partial charge in [-0.3, -0.25) is 0 Å². The summed E-state index contributed by atoms with van der Waals surface area (Å²) in [6, 6.07) is 4.56. The summed E-state index contributed by atoms with van der Waals surface area (Å²) in [5.74, 6) is 0.0968. The minimum absolute atomic E-state index is 0.0714. The molecule has 1 N–H and O–H groups in total. The molecule has 0 saturated heterocycles. The molecule has 0 amide bonds. The van der Waals surface area contributed by atoms with Crippen LogP contribution in [-0.2, 0) is 0 Å². The van der Waals surface area contributed by atoms with E-state index in [1.54, 1.807) is 6.07 Å². The SMILES string of the molecule is CCCNCC(CCC)Oc1ccc(Cl)c(F)c1. The first kappa shape index (κ1) is 15.3. The normalized spacial score (nSPS) is 12.4. The molecule has 0 aliphatic carbocycles. The molecule has 0 radical (unpaired) electrons. The molecule has 1 atom stereocenters. The monoisotopic (exact) mass is 273 g/mol. The lowest BCUT2D eigenvalue weighted by atomic mass is 10.2. The van der Waals surface area contributed by atoms with Crippen molar-refractivity contribution in [1.29, 1.82) is 0 Å². The Morgan fingerprint density at radius 1 is 1.33 bits per heavy atom. The van der Waals surface area contributed by atoms with Crippen LogP contribution in [0.5, 0.6) is 5.75 Å². The van der Waals surface area contributed by atoms with E-state index in [1.165, 1.54) is 12.1 Å². The van der Waals surface area contributed by atoms with Crippen LogP contribution < -0.4 is 10.1 Å². The van der Waals surface area contributed by atoms with Crippen LogP contribution in [0.2, 0.25) is 5.02 Å². The Bertz CT molecular complexity index is 360. The third-order valence-corrected chi connectivity index (χ3v) is 2.91. The van der Waals surface area contributed by atoms with Gasteiger partial charge in [0.05, 0.1) is 5.02 Å². The van der Waals surface area contributed by atoms with Crippen LogP contribution in [0.25, 0.3) is 0 Å². The quantitative estimate of drug-likeness (QED) is 0.722. The zero-order valence-electron chi connectivity index (χ0n) is 11.0. The summed E-state index contributed by atoms with van der Waals surface area (Å²) in [4.78, 5) is 0. The minimum atomic E-state index is -0.439. The number of nitrogens with one attached hydrogen (secondary N) is 1. The fourth-order valence-corrected chi connectivity index (χ4v) is 1.82. The Labute approximate surface area is 113 Å². The van der Waals surface area contributed by atoms with Crippen molar-refractivity contribution >= 4 is 11.6 Å². The first-order valence-electron chi connectivity index (χ1n) is 6.49. The summed E-state index contributed by atoms with van der Waals surface area (Å²) in [6.45, 7) is 5.99. The number of hydrogen-bond donors (Lipinski definition) is 1. The van der Waals surface area contributed by atoms with Crippen LogP contribution in [0.4, 0.5) is 4.39 Å². The summed E-state index contributed by atoms with van der Waals surface area (Å²) in [5, 5.41) is 3.45. The summed E-state index contributed by atoms with van der Waals surface area (Å²) < 4.78 is 19.1. The Balaban J connectivity index is 2.55. The van der Waals surface area contributed by atoms with Gasteiger partial charge >= 0.3 is 0 Å². The summed E-state index contributed by atoms with van der Waals surface area (Å²) in [7, 11) is 0. The zero-order chi connectivity index (χ0) is 13.4. The number of benzene rings is 1. The second-order valence-corrected chi connectivity index (χ2v) is 4.72. The van der Waals surface area contributed by atoms with E-state index in [0.29, 0.717) is 5.75 Å². The van der Waals surface area contributed by atoms with E-state index in [-0.39, 0.29) is 11.1 Å². The molecule has 0 bridgehead atoms. The van der Waals surface area contributed by atoms with Crippen LogP contribution in [0.3, 0.4) is 0 Å². The van der Waals surface area contributed by atoms with Crippen molar-refractivity contribution in [2.75, 3.05) is 13.1 Å². The molecule has 2 nitrogen and oxygen atoms in total. The lowest BCUT2D eigenvalue weighted by Gasteiger charge is -2.19. The highest BCUT2D eigenvalue weighted by Crippen LogP contribution is 2.21. The predicted molar refractivity (Wildman–Crippen MR) is 73.9 cm³/mol. The van der Waals surface area contributed by atoms with E-state index in [9.17, 15) is 4.39 Å². The molecule has 0 aromatic heterocycles. The molecule has 1 aromatic carbocycles. The Morgan fingerprint density at radius 3 is 2.72 bits per heavy atom. The molecule has 1 unspecified atom stereocenters. The van der Waals surface area contributed by atoms with Crippen LogP contribution in [0.15, 0.2) is 18.2 Å². The van der Waals surface area contributed by atoms with E-state index < -0.39 is 5.82 Å². The van der Waals surface area contributed by atoms with E-state index in [1.807, 2.05) is 0 Å². The number of hydrogen-bond acceptors (Lipinski definition) is 2. The van der Waals surface area contributed by atoms with Crippen molar-refractivity contribution in [3.8, 4) is 5.75 Å². The fourth-order valence-electron chi connectivity index (χ4n) is 1.71. The van der Waals surface area contributed by atoms with Crippen molar-refractivity contribution in [2.45, 2.75) is 39.2 Å². The van der Waals surface area contributed by atoms with Crippen LogP contribution in [0.1, 0.15) is 33.1 Å². The van der Waals surface area contributed by atoms with Crippen LogP contribution in [0, 0.1) is 5.82 Å². The highest BCUT2D eigenvalue weighted by molar-refractivity contribution is 6.30. The fraction of sp³-hybridized carbons (Fsp3) is 0.571. The van der Waals surface area contributed by atoms with E-state index in [4.69, 9.17) is 16.3 Å². The van der Waals surface area contributed by atoms with Gasteiger partial charge in [-0.05, 0) is 31.5 Å². The largest absolute Gasteiger partial charge is 0.489 e. The van der Waals surface area contributed by atoms with Gasteiger partial charge in [0, 0.05) is 12.6 Å². The Kier molecular flexibility index (Phi) is 7.06. The topological polar surface area (TPSA) is 21.3 Å². The lowest BCUT2D eigenvalue weighted by Crippen LogP contribution is -2.31. The smallest absolute Gasteiger partial charge is 0.145 e. The molecule has 102 valence electrons.